The quantitative estimate of drug-likeness (QED) is 0.588. The first kappa shape index (κ1) is 11.4. The maximum atomic E-state index is 10.4. The van der Waals surface area contributed by atoms with E-state index in [4.69, 9.17) is 5.11 Å². The van der Waals surface area contributed by atoms with Crippen molar-refractivity contribution in [3.05, 3.63) is 28.4 Å². The fourth-order valence-electron chi connectivity index (χ4n) is 1.07. The van der Waals surface area contributed by atoms with Gasteiger partial charge >= 0.3 is 5.82 Å². The van der Waals surface area contributed by atoms with Gasteiger partial charge in [-0.2, -0.15) is 0 Å². The molecule has 0 saturated carbocycles. The standard InChI is InChI=1S/C9H13N3O3/c1-7(6-13)11(2)8-3-4-9(10-5-8)12(14)15/h3-5,7,13H,6H2,1-2H3/t7-/m0/s1. The number of nitrogens with zero attached hydrogens (tertiary/aromatic N) is 3. The Hall–Kier alpha value is -1.69. The van der Waals surface area contributed by atoms with E-state index in [-0.39, 0.29) is 18.5 Å². The lowest BCUT2D eigenvalue weighted by molar-refractivity contribution is -0.389. The molecule has 0 spiro atoms. The smallest absolute Gasteiger partial charge is 0.363 e. The molecule has 0 bridgehead atoms. The lowest BCUT2D eigenvalue weighted by atomic mass is 10.3. The third kappa shape index (κ3) is 2.63. The maximum Gasteiger partial charge on any atom is 0.363 e. The largest absolute Gasteiger partial charge is 0.394 e. The summed E-state index contributed by atoms with van der Waals surface area (Å²) in [5.74, 6) is -0.177. The average molecular weight is 211 g/mol. The molecule has 0 fully saturated rings. The first-order chi connectivity index (χ1) is 7.06. The van der Waals surface area contributed by atoms with E-state index < -0.39 is 4.92 Å². The molecule has 0 saturated heterocycles. The number of rotatable bonds is 4. The molecule has 0 amide bonds. The number of pyridine rings is 1. The topological polar surface area (TPSA) is 79.5 Å². The van der Waals surface area contributed by atoms with Crippen LogP contribution >= 0.6 is 0 Å². The Morgan fingerprint density at radius 2 is 2.33 bits per heavy atom. The summed E-state index contributed by atoms with van der Waals surface area (Å²) in [6, 6.07) is 2.90. The summed E-state index contributed by atoms with van der Waals surface area (Å²) in [4.78, 5) is 15.3. The molecule has 0 radical (unpaired) electrons. The molecule has 0 aliphatic rings. The molecule has 1 aromatic heterocycles. The van der Waals surface area contributed by atoms with Crippen LogP contribution in [-0.2, 0) is 0 Å². The van der Waals surface area contributed by atoms with Crippen molar-refractivity contribution in [2.45, 2.75) is 13.0 Å². The van der Waals surface area contributed by atoms with Gasteiger partial charge in [0, 0.05) is 19.2 Å². The Morgan fingerprint density at radius 1 is 1.67 bits per heavy atom. The van der Waals surface area contributed by atoms with Crippen LogP contribution in [-0.4, -0.2) is 34.7 Å². The van der Waals surface area contributed by atoms with Gasteiger partial charge in [0.1, 0.15) is 0 Å². The Balaban J connectivity index is 2.84. The highest BCUT2D eigenvalue weighted by Gasteiger charge is 2.12. The summed E-state index contributed by atoms with van der Waals surface area (Å²) < 4.78 is 0. The zero-order chi connectivity index (χ0) is 11.4. The average Bonchev–Trinajstić information content (AvgIpc) is 2.27. The summed E-state index contributed by atoms with van der Waals surface area (Å²) in [7, 11) is 1.80. The summed E-state index contributed by atoms with van der Waals surface area (Å²) in [6.45, 7) is 1.87. The minimum atomic E-state index is -0.542. The number of aliphatic hydroxyl groups is 1. The fraction of sp³-hybridized carbons (Fsp3) is 0.444. The van der Waals surface area contributed by atoms with Crippen LogP contribution in [0.25, 0.3) is 0 Å². The van der Waals surface area contributed by atoms with Crippen LogP contribution in [0.5, 0.6) is 0 Å². The van der Waals surface area contributed by atoms with Crippen molar-refractivity contribution in [2.24, 2.45) is 0 Å². The second-order valence-electron chi connectivity index (χ2n) is 3.27. The van der Waals surface area contributed by atoms with Crippen LogP contribution in [0.3, 0.4) is 0 Å². The van der Waals surface area contributed by atoms with Crippen LogP contribution < -0.4 is 4.90 Å². The Bertz CT molecular complexity index is 339. The van der Waals surface area contributed by atoms with E-state index >= 15 is 0 Å². The number of aromatic nitrogens is 1. The molecule has 1 heterocycles. The second kappa shape index (κ2) is 4.70. The van der Waals surface area contributed by atoms with Crippen LogP contribution in [0, 0.1) is 10.1 Å². The Labute approximate surface area is 87.3 Å². The number of aliphatic hydroxyl groups excluding tert-OH is 1. The fourth-order valence-corrected chi connectivity index (χ4v) is 1.07. The van der Waals surface area contributed by atoms with Gasteiger partial charge in [-0.15, -0.1) is 0 Å². The minimum Gasteiger partial charge on any atom is -0.394 e. The highest BCUT2D eigenvalue weighted by molar-refractivity contribution is 5.46. The van der Waals surface area contributed by atoms with E-state index in [1.165, 1.54) is 12.3 Å². The number of anilines is 1. The number of likely N-dealkylation sites (N-methyl/N-ethyl adjacent to an activating group) is 1. The van der Waals surface area contributed by atoms with Crippen LogP contribution in [0.15, 0.2) is 18.3 Å². The maximum absolute atomic E-state index is 10.4. The van der Waals surface area contributed by atoms with Crippen molar-refractivity contribution in [1.29, 1.82) is 0 Å². The van der Waals surface area contributed by atoms with E-state index in [1.807, 2.05) is 6.92 Å². The van der Waals surface area contributed by atoms with Crippen molar-refractivity contribution in [3.8, 4) is 0 Å². The predicted molar refractivity (Wildman–Crippen MR) is 55.8 cm³/mol. The van der Waals surface area contributed by atoms with Gasteiger partial charge in [-0.1, -0.05) is 0 Å². The molecule has 1 rings (SSSR count). The van der Waals surface area contributed by atoms with Crippen molar-refractivity contribution < 1.29 is 10.0 Å². The van der Waals surface area contributed by atoms with Gasteiger partial charge in [-0.3, -0.25) is 0 Å². The zero-order valence-electron chi connectivity index (χ0n) is 8.62. The summed E-state index contributed by atoms with van der Waals surface area (Å²) in [5, 5.41) is 19.3. The van der Waals surface area contributed by atoms with E-state index in [1.54, 1.807) is 18.0 Å². The van der Waals surface area contributed by atoms with Crippen molar-refractivity contribution in [1.82, 2.24) is 4.98 Å². The molecule has 1 atom stereocenters. The first-order valence-electron chi connectivity index (χ1n) is 4.50. The van der Waals surface area contributed by atoms with E-state index in [9.17, 15) is 10.1 Å². The third-order valence-corrected chi connectivity index (χ3v) is 2.25. The normalized spacial score (nSPS) is 12.2. The molecule has 82 valence electrons. The Kier molecular flexibility index (Phi) is 3.56. The molecular formula is C9H13N3O3. The monoisotopic (exact) mass is 211 g/mol. The van der Waals surface area contributed by atoms with Gasteiger partial charge in [-0.25, -0.2) is 0 Å². The molecule has 0 aliphatic carbocycles. The van der Waals surface area contributed by atoms with Crippen LogP contribution in [0.1, 0.15) is 6.92 Å². The van der Waals surface area contributed by atoms with Gasteiger partial charge in [-0.05, 0) is 22.9 Å². The number of hydrogen-bond acceptors (Lipinski definition) is 5. The van der Waals surface area contributed by atoms with E-state index in [0.717, 1.165) is 5.69 Å². The van der Waals surface area contributed by atoms with Gasteiger partial charge in [0.15, 0.2) is 6.20 Å². The number of hydrogen-bond donors (Lipinski definition) is 1. The molecule has 0 unspecified atom stereocenters. The van der Waals surface area contributed by atoms with E-state index in [2.05, 4.69) is 4.98 Å². The zero-order valence-corrected chi connectivity index (χ0v) is 8.62. The Morgan fingerprint density at radius 3 is 2.73 bits per heavy atom. The van der Waals surface area contributed by atoms with Crippen molar-refractivity contribution in [3.63, 3.8) is 0 Å². The van der Waals surface area contributed by atoms with Gasteiger partial charge < -0.3 is 20.1 Å². The third-order valence-electron chi connectivity index (χ3n) is 2.25. The lowest BCUT2D eigenvalue weighted by Gasteiger charge is -2.23. The van der Waals surface area contributed by atoms with Crippen molar-refractivity contribution in [2.75, 3.05) is 18.6 Å². The minimum absolute atomic E-state index is 0.0213. The van der Waals surface area contributed by atoms with Gasteiger partial charge in [0.25, 0.3) is 0 Å². The van der Waals surface area contributed by atoms with Gasteiger partial charge in [0.05, 0.1) is 12.3 Å². The summed E-state index contributed by atoms with van der Waals surface area (Å²) >= 11 is 0. The van der Waals surface area contributed by atoms with Crippen LogP contribution in [0.4, 0.5) is 11.5 Å². The molecule has 0 aliphatic heterocycles. The first-order valence-corrected chi connectivity index (χ1v) is 4.50. The van der Waals surface area contributed by atoms with Gasteiger partial charge in [0.2, 0.25) is 0 Å². The predicted octanol–water partition coefficient (Wildman–Crippen LogP) is 0.807. The molecule has 1 aromatic rings. The molecule has 15 heavy (non-hydrogen) atoms. The molecule has 6 nitrogen and oxygen atoms in total. The molecule has 6 heteroatoms. The molecule has 1 N–H and O–H groups in total. The SMILES string of the molecule is C[C@@H](CO)N(C)c1ccc([N+](=O)[O-])nc1. The van der Waals surface area contributed by atoms with Crippen LogP contribution in [0.2, 0.25) is 0 Å². The highest BCUT2D eigenvalue weighted by Crippen LogP contribution is 2.16. The van der Waals surface area contributed by atoms with Crippen molar-refractivity contribution >= 4 is 11.5 Å². The molecule has 0 aromatic carbocycles. The summed E-state index contributed by atoms with van der Waals surface area (Å²) in [6.07, 6.45) is 1.42. The highest BCUT2D eigenvalue weighted by atomic mass is 16.6. The second-order valence-corrected chi connectivity index (χ2v) is 3.27. The van der Waals surface area contributed by atoms with E-state index in [0.29, 0.717) is 0 Å². The molecular weight excluding hydrogens is 198 g/mol. The summed E-state index contributed by atoms with van der Waals surface area (Å²) in [5.41, 5.74) is 0.738. The number of nitro groups is 1. The lowest BCUT2D eigenvalue weighted by Crippen LogP contribution is -2.31.